The highest BCUT2D eigenvalue weighted by atomic mass is 79.9. The molecule has 1 heterocycles. The van der Waals surface area contributed by atoms with Gasteiger partial charge in [0, 0.05) is 17.3 Å². The predicted molar refractivity (Wildman–Crippen MR) is 67.7 cm³/mol. The second-order valence-corrected chi connectivity index (χ2v) is 4.77. The van der Waals surface area contributed by atoms with E-state index in [0.717, 1.165) is 27.5 Å². The summed E-state index contributed by atoms with van der Waals surface area (Å²) in [5.41, 5.74) is 1.84. The van der Waals surface area contributed by atoms with Crippen LogP contribution in [0.1, 0.15) is 12.0 Å². The van der Waals surface area contributed by atoms with Crippen molar-refractivity contribution in [3.05, 3.63) is 33.4 Å². The zero-order chi connectivity index (χ0) is 10.7. The number of benzene rings is 1. The summed E-state index contributed by atoms with van der Waals surface area (Å²) in [4.78, 5) is 13.8. The molecule has 76 valence electrons. The molecule has 2 rings (SSSR count). The van der Waals surface area contributed by atoms with Gasteiger partial charge in [0.25, 0.3) is 0 Å². The zero-order valence-electron chi connectivity index (χ0n) is 7.84. The Labute approximate surface area is 99.5 Å². The van der Waals surface area contributed by atoms with Crippen molar-refractivity contribution >= 4 is 37.5 Å². The van der Waals surface area contributed by atoms with Crippen molar-refractivity contribution in [2.45, 2.75) is 6.42 Å². The maximum Gasteiger partial charge on any atom is 0.305 e. The number of halogens is 1. The quantitative estimate of drug-likeness (QED) is 0.633. The maximum absolute atomic E-state index is 11.1. The minimum atomic E-state index is -0.0180. The average molecular weight is 282 g/mol. The molecular weight excluding hydrogens is 274 g/mol. The van der Waals surface area contributed by atoms with Crippen LogP contribution in [0.5, 0.6) is 0 Å². The standard InChI is InChI=1S/C11H8BrNOS/c12-6-2-1-3-8-4-5-9-10(7-8)15-11(14)13-9/h4-5,7H,2,6H2,(H,13,14). The monoisotopic (exact) mass is 281 g/mol. The molecule has 1 N–H and O–H groups in total. The van der Waals surface area contributed by atoms with Crippen molar-refractivity contribution in [3.8, 4) is 11.8 Å². The zero-order valence-corrected chi connectivity index (χ0v) is 10.2. The third-order valence-electron chi connectivity index (χ3n) is 1.87. The molecule has 0 saturated heterocycles. The third kappa shape index (κ3) is 2.49. The predicted octanol–water partition coefficient (Wildman–Crippen LogP) is 2.73. The molecule has 4 heteroatoms. The van der Waals surface area contributed by atoms with Crippen molar-refractivity contribution < 1.29 is 0 Å². The van der Waals surface area contributed by atoms with Crippen molar-refractivity contribution in [1.82, 2.24) is 4.98 Å². The Morgan fingerprint density at radius 3 is 3.13 bits per heavy atom. The van der Waals surface area contributed by atoms with Crippen LogP contribution < -0.4 is 4.87 Å². The molecule has 0 aliphatic heterocycles. The summed E-state index contributed by atoms with van der Waals surface area (Å²) >= 11 is 4.54. The van der Waals surface area contributed by atoms with E-state index in [2.05, 4.69) is 32.8 Å². The molecule has 0 fully saturated rings. The van der Waals surface area contributed by atoms with Crippen molar-refractivity contribution in [2.24, 2.45) is 0 Å². The average Bonchev–Trinajstić information content (AvgIpc) is 2.57. The van der Waals surface area contributed by atoms with Crippen LogP contribution in [0.15, 0.2) is 23.0 Å². The van der Waals surface area contributed by atoms with Crippen molar-refractivity contribution in [2.75, 3.05) is 5.33 Å². The van der Waals surface area contributed by atoms with Gasteiger partial charge in [-0.3, -0.25) is 4.79 Å². The number of hydrogen-bond donors (Lipinski definition) is 1. The van der Waals surface area contributed by atoms with Crippen molar-refractivity contribution in [3.63, 3.8) is 0 Å². The summed E-state index contributed by atoms with van der Waals surface area (Å²) in [6.45, 7) is 0. The van der Waals surface area contributed by atoms with E-state index in [1.165, 1.54) is 11.3 Å². The van der Waals surface area contributed by atoms with Gasteiger partial charge < -0.3 is 4.98 Å². The molecule has 2 aromatic rings. The summed E-state index contributed by atoms with van der Waals surface area (Å²) in [5, 5.41) is 0.889. The highest BCUT2D eigenvalue weighted by Gasteiger charge is 1.98. The van der Waals surface area contributed by atoms with E-state index in [1.807, 2.05) is 18.2 Å². The smallest absolute Gasteiger partial charge is 0.305 e. The first kappa shape index (κ1) is 10.5. The fourth-order valence-electron chi connectivity index (χ4n) is 1.23. The van der Waals surface area contributed by atoms with Gasteiger partial charge in [-0.25, -0.2) is 0 Å². The number of rotatable bonds is 1. The molecule has 0 radical (unpaired) electrons. The van der Waals surface area contributed by atoms with Gasteiger partial charge >= 0.3 is 4.87 Å². The Morgan fingerprint density at radius 2 is 2.33 bits per heavy atom. The number of aromatic nitrogens is 1. The number of H-pyrrole nitrogens is 1. The molecule has 0 spiro atoms. The van der Waals surface area contributed by atoms with E-state index in [4.69, 9.17) is 0 Å². The van der Waals surface area contributed by atoms with Crippen LogP contribution in [0.25, 0.3) is 10.2 Å². The van der Waals surface area contributed by atoms with Crippen LogP contribution in [0.4, 0.5) is 0 Å². The van der Waals surface area contributed by atoms with E-state index < -0.39 is 0 Å². The van der Waals surface area contributed by atoms with Gasteiger partial charge in [0.15, 0.2) is 0 Å². The Morgan fingerprint density at radius 1 is 1.47 bits per heavy atom. The van der Waals surface area contributed by atoms with Crippen LogP contribution in [0.3, 0.4) is 0 Å². The first-order valence-electron chi connectivity index (χ1n) is 4.47. The Bertz CT molecular complexity index is 588. The van der Waals surface area contributed by atoms with Crippen molar-refractivity contribution in [1.29, 1.82) is 0 Å². The molecule has 0 atom stereocenters. The number of hydrogen-bond acceptors (Lipinski definition) is 2. The van der Waals surface area contributed by atoms with Gasteiger partial charge in [0.1, 0.15) is 0 Å². The molecular formula is C11H8BrNOS. The number of aromatic amines is 1. The molecule has 2 nitrogen and oxygen atoms in total. The summed E-state index contributed by atoms with van der Waals surface area (Å²) < 4.78 is 0.964. The van der Waals surface area contributed by atoms with Gasteiger partial charge in [0.05, 0.1) is 10.2 Å². The molecule has 15 heavy (non-hydrogen) atoms. The molecule has 0 bridgehead atoms. The van der Waals surface area contributed by atoms with Gasteiger partial charge in [-0.05, 0) is 18.2 Å². The second kappa shape index (κ2) is 4.65. The minimum Gasteiger partial charge on any atom is -0.312 e. The van der Waals surface area contributed by atoms with E-state index >= 15 is 0 Å². The third-order valence-corrected chi connectivity index (χ3v) is 3.11. The molecule has 0 amide bonds. The second-order valence-electron chi connectivity index (χ2n) is 2.97. The highest BCUT2D eigenvalue weighted by Crippen LogP contribution is 2.15. The Balaban J connectivity index is 2.39. The van der Waals surface area contributed by atoms with E-state index in [-0.39, 0.29) is 4.87 Å². The van der Waals surface area contributed by atoms with E-state index in [1.54, 1.807) is 0 Å². The maximum atomic E-state index is 11.1. The van der Waals surface area contributed by atoms with Gasteiger partial charge in [-0.1, -0.05) is 39.1 Å². The lowest BCUT2D eigenvalue weighted by Gasteiger charge is -1.90. The lowest BCUT2D eigenvalue weighted by atomic mass is 10.2. The SMILES string of the molecule is O=c1[nH]c2ccc(C#CCCBr)cc2s1. The number of fused-ring (bicyclic) bond motifs is 1. The van der Waals surface area contributed by atoms with Crippen LogP contribution in [-0.2, 0) is 0 Å². The Hall–Kier alpha value is -1.05. The Kier molecular flexibility index (Phi) is 3.24. The minimum absolute atomic E-state index is 0.0180. The van der Waals surface area contributed by atoms with Crippen LogP contribution in [-0.4, -0.2) is 10.3 Å². The summed E-state index contributed by atoms with van der Waals surface area (Å²) in [6, 6.07) is 5.76. The molecule has 0 aliphatic rings. The molecule has 1 aromatic heterocycles. The van der Waals surface area contributed by atoms with E-state index in [0.29, 0.717) is 0 Å². The van der Waals surface area contributed by atoms with Gasteiger partial charge in [0.2, 0.25) is 0 Å². The molecule has 1 aromatic carbocycles. The fourth-order valence-corrected chi connectivity index (χ4v) is 2.21. The topological polar surface area (TPSA) is 32.9 Å². The van der Waals surface area contributed by atoms with Crippen LogP contribution in [0.2, 0.25) is 0 Å². The molecule has 0 unspecified atom stereocenters. The molecule has 0 aliphatic carbocycles. The van der Waals surface area contributed by atoms with Gasteiger partial charge in [-0.15, -0.1) is 0 Å². The first-order chi connectivity index (χ1) is 7.29. The van der Waals surface area contributed by atoms with Gasteiger partial charge in [-0.2, -0.15) is 0 Å². The lowest BCUT2D eigenvalue weighted by molar-refractivity contribution is 1.32. The number of thiazole rings is 1. The number of nitrogens with one attached hydrogen (secondary N) is 1. The summed E-state index contributed by atoms with van der Waals surface area (Å²) in [5.74, 6) is 6.10. The largest absolute Gasteiger partial charge is 0.312 e. The van der Waals surface area contributed by atoms with Crippen LogP contribution >= 0.6 is 27.3 Å². The summed E-state index contributed by atoms with van der Waals surface area (Å²) in [6.07, 6.45) is 0.835. The highest BCUT2D eigenvalue weighted by molar-refractivity contribution is 9.09. The lowest BCUT2D eigenvalue weighted by Crippen LogP contribution is -1.89. The van der Waals surface area contributed by atoms with E-state index in [9.17, 15) is 4.79 Å². The number of alkyl halides is 1. The summed E-state index contributed by atoms with van der Waals surface area (Å²) in [7, 11) is 0. The first-order valence-corrected chi connectivity index (χ1v) is 6.41. The molecule has 0 saturated carbocycles. The normalized spacial score (nSPS) is 9.93. The fraction of sp³-hybridized carbons (Fsp3) is 0.182. The van der Waals surface area contributed by atoms with Crippen LogP contribution in [0, 0.1) is 11.8 Å².